The molecule has 2 aromatic carbocycles. The fraction of sp³-hybridized carbons (Fsp3) is 0.250. The third-order valence-corrected chi connectivity index (χ3v) is 3.89. The molecule has 3 N–H and O–H groups in total. The predicted octanol–water partition coefficient (Wildman–Crippen LogP) is 0.651. The van der Waals surface area contributed by atoms with Crippen LogP contribution in [0.5, 0.6) is 5.75 Å². The lowest BCUT2D eigenvalue weighted by Crippen LogP contribution is -2.33. The van der Waals surface area contributed by atoms with Gasteiger partial charge >= 0.3 is 7.12 Å². The zero-order valence-corrected chi connectivity index (χ0v) is 11.5. The number of aliphatic hydroxyl groups excluding tert-OH is 1. The van der Waals surface area contributed by atoms with Gasteiger partial charge in [-0.2, -0.15) is 0 Å². The highest BCUT2D eigenvalue weighted by molar-refractivity contribution is 6.58. The molecule has 0 bridgehead atoms. The minimum atomic E-state index is -1.53. The van der Waals surface area contributed by atoms with E-state index in [1.165, 1.54) is 0 Å². The maximum atomic E-state index is 10.5. The number of aliphatic hydroxyl groups is 1. The molecule has 2 aromatic rings. The topological polar surface area (TPSA) is 69.9 Å². The Hall–Kier alpha value is -1.82. The molecule has 0 spiro atoms. The molecule has 4 nitrogen and oxygen atoms in total. The molecule has 108 valence electrons. The van der Waals surface area contributed by atoms with E-state index in [4.69, 9.17) is 4.74 Å². The number of ether oxygens (including phenoxy) is 1. The van der Waals surface area contributed by atoms with E-state index in [-0.39, 0.29) is 5.92 Å². The molecule has 0 unspecified atom stereocenters. The van der Waals surface area contributed by atoms with Gasteiger partial charge < -0.3 is 19.9 Å². The molecule has 1 heterocycles. The van der Waals surface area contributed by atoms with Gasteiger partial charge in [-0.25, -0.2) is 0 Å². The molecule has 0 fully saturated rings. The van der Waals surface area contributed by atoms with Crippen LogP contribution in [0, 0.1) is 5.92 Å². The molecule has 5 heteroatoms. The van der Waals surface area contributed by atoms with E-state index in [1.54, 1.807) is 18.2 Å². The van der Waals surface area contributed by atoms with Crippen molar-refractivity contribution in [3.63, 3.8) is 0 Å². The summed E-state index contributed by atoms with van der Waals surface area (Å²) >= 11 is 0. The Morgan fingerprint density at radius 3 is 2.57 bits per heavy atom. The highest BCUT2D eigenvalue weighted by atomic mass is 16.5. The van der Waals surface area contributed by atoms with Gasteiger partial charge in [-0.1, -0.05) is 42.5 Å². The van der Waals surface area contributed by atoms with Crippen LogP contribution in [-0.2, 0) is 6.42 Å². The lowest BCUT2D eigenvalue weighted by molar-refractivity contribution is 0.0509. The van der Waals surface area contributed by atoms with Crippen molar-refractivity contribution in [2.75, 3.05) is 6.61 Å². The fourth-order valence-corrected chi connectivity index (χ4v) is 2.71. The van der Waals surface area contributed by atoms with Crippen molar-refractivity contribution in [2.45, 2.75) is 12.5 Å². The summed E-state index contributed by atoms with van der Waals surface area (Å²) < 4.78 is 5.69. The summed E-state index contributed by atoms with van der Waals surface area (Å²) in [6, 6.07) is 14.9. The van der Waals surface area contributed by atoms with E-state index >= 15 is 0 Å². The zero-order chi connectivity index (χ0) is 14.8. The van der Waals surface area contributed by atoms with E-state index in [2.05, 4.69) is 0 Å². The maximum absolute atomic E-state index is 10.5. The van der Waals surface area contributed by atoms with Gasteiger partial charge in [0.2, 0.25) is 0 Å². The Morgan fingerprint density at radius 1 is 1.10 bits per heavy atom. The minimum Gasteiger partial charge on any atom is -0.493 e. The molecule has 3 rings (SSSR count). The largest absolute Gasteiger partial charge is 0.493 e. The third-order valence-electron chi connectivity index (χ3n) is 3.89. The van der Waals surface area contributed by atoms with Gasteiger partial charge in [0, 0.05) is 11.5 Å². The molecule has 0 radical (unpaired) electrons. The average Bonchev–Trinajstić information content (AvgIpc) is 2.51. The predicted molar refractivity (Wildman–Crippen MR) is 80.4 cm³/mol. The van der Waals surface area contributed by atoms with Crippen molar-refractivity contribution in [1.82, 2.24) is 0 Å². The van der Waals surface area contributed by atoms with Crippen LogP contribution in [0.15, 0.2) is 48.5 Å². The van der Waals surface area contributed by atoms with Gasteiger partial charge in [0.25, 0.3) is 0 Å². The standard InChI is InChI=1S/C16H17BO4/c18-16-12(8-11-4-2-1-3-5-11)10-21-15-9-13(17(19)20)6-7-14(15)16/h1-7,9,12,16,18-20H,8,10H2/t12-,16+/m0/s1. The van der Waals surface area contributed by atoms with E-state index in [1.807, 2.05) is 30.3 Å². The molecule has 21 heavy (non-hydrogen) atoms. The van der Waals surface area contributed by atoms with Crippen LogP contribution in [0.1, 0.15) is 17.2 Å². The van der Waals surface area contributed by atoms with Crippen LogP contribution in [0.25, 0.3) is 0 Å². The minimum absolute atomic E-state index is 0.00944. The Morgan fingerprint density at radius 2 is 1.86 bits per heavy atom. The summed E-state index contributed by atoms with van der Waals surface area (Å²) in [6.45, 7) is 0.411. The SMILES string of the molecule is OB(O)c1ccc2c(c1)OC[C@H](Cc1ccccc1)[C@H]2O. The second-order valence-electron chi connectivity index (χ2n) is 5.38. The van der Waals surface area contributed by atoms with Crippen LogP contribution in [-0.4, -0.2) is 28.9 Å². The monoisotopic (exact) mass is 284 g/mol. The second-order valence-corrected chi connectivity index (χ2v) is 5.38. The van der Waals surface area contributed by atoms with Gasteiger partial charge in [0.15, 0.2) is 0 Å². The molecular weight excluding hydrogens is 267 g/mol. The van der Waals surface area contributed by atoms with Crippen molar-refractivity contribution >= 4 is 12.6 Å². The molecule has 0 aliphatic carbocycles. The quantitative estimate of drug-likeness (QED) is 0.724. The number of rotatable bonds is 3. The summed E-state index contributed by atoms with van der Waals surface area (Å²) in [7, 11) is -1.53. The molecule has 0 saturated carbocycles. The highest BCUT2D eigenvalue weighted by Gasteiger charge is 2.30. The molecule has 0 aromatic heterocycles. The van der Waals surface area contributed by atoms with Gasteiger partial charge in [-0.15, -0.1) is 0 Å². The van der Waals surface area contributed by atoms with E-state index in [9.17, 15) is 15.2 Å². The van der Waals surface area contributed by atoms with Crippen molar-refractivity contribution in [2.24, 2.45) is 5.92 Å². The van der Waals surface area contributed by atoms with Gasteiger partial charge in [-0.3, -0.25) is 0 Å². The van der Waals surface area contributed by atoms with Crippen LogP contribution in [0.2, 0.25) is 0 Å². The number of hydrogen-bond donors (Lipinski definition) is 3. The molecular formula is C16H17BO4. The fourth-order valence-electron chi connectivity index (χ4n) is 2.71. The second kappa shape index (κ2) is 5.89. The number of hydrogen-bond acceptors (Lipinski definition) is 4. The van der Waals surface area contributed by atoms with Gasteiger partial charge in [-0.05, 0) is 23.5 Å². The Bertz CT molecular complexity index is 615. The van der Waals surface area contributed by atoms with Crippen molar-refractivity contribution in [1.29, 1.82) is 0 Å². The van der Waals surface area contributed by atoms with Crippen LogP contribution in [0.3, 0.4) is 0 Å². The Kier molecular flexibility index (Phi) is 3.97. The van der Waals surface area contributed by atoms with E-state index in [0.29, 0.717) is 23.4 Å². The van der Waals surface area contributed by atoms with Crippen LogP contribution in [0.4, 0.5) is 0 Å². The molecule has 0 saturated heterocycles. The van der Waals surface area contributed by atoms with Crippen molar-refractivity contribution in [3.05, 3.63) is 59.7 Å². The molecule has 2 atom stereocenters. The van der Waals surface area contributed by atoms with E-state index < -0.39 is 13.2 Å². The first-order valence-electron chi connectivity index (χ1n) is 7.00. The van der Waals surface area contributed by atoms with Gasteiger partial charge in [0.1, 0.15) is 5.75 Å². The van der Waals surface area contributed by atoms with Crippen LogP contribution >= 0.6 is 0 Å². The third kappa shape index (κ3) is 2.95. The van der Waals surface area contributed by atoms with Crippen LogP contribution < -0.4 is 10.2 Å². The molecule has 0 amide bonds. The van der Waals surface area contributed by atoms with Gasteiger partial charge in [0.05, 0.1) is 12.7 Å². The lowest BCUT2D eigenvalue weighted by atomic mass is 9.78. The van der Waals surface area contributed by atoms with Crippen molar-refractivity contribution < 1.29 is 19.9 Å². The van der Waals surface area contributed by atoms with E-state index in [0.717, 1.165) is 12.0 Å². The number of fused-ring (bicyclic) bond motifs is 1. The average molecular weight is 284 g/mol. The molecule has 1 aliphatic heterocycles. The maximum Gasteiger partial charge on any atom is 0.488 e. The first-order chi connectivity index (χ1) is 10.1. The lowest BCUT2D eigenvalue weighted by Gasteiger charge is -2.30. The first-order valence-corrected chi connectivity index (χ1v) is 7.00. The summed E-state index contributed by atoms with van der Waals surface area (Å²) in [5.74, 6) is 0.516. The molecule has 1 aliphatic rings. The number of benzene rings is 2. The Balaban J connectivity index is 1.81. The highest BCUT2D eigenvalue weighted by Crippen LogP contribution is 2.36. The van der Waals surface area contributed by atoms with Crippen molar-refractivity contribution in [3.8, 4) is 5.75 Å². The first kappa shape index (κ1) is 14.1. The smallest absolute Gasteiger partial charge is 0.488 e. The summed E-state index contributed by atoms with van der Waals surface area (Å²) in [5, 5.41) is 28.9. The normalized spacial score (nSPS) is 20.5. The summed E-state index contributed by atoms with van der Waals surface area (Å²) in [4.78, 5) is 0. The zero-order valence-electron chi connectivity index (χ0n) is 11.5. The Labute approximate surface area is 123 Å². The summed E-state index contributed by atoms with van der Waals surface area (Å²) in [6.07, 6.45) is 0.130. The summed E-state index contributed by atoms with van der Waals surface area (Å²) in [5.41, 5.74) is 2.23.